The third-order valence-corrected chi connectivity index (χ3v) is 5.20. The second kappa shape index (κ2) is 9.20. The Morgan fingerprint density at radius 2 is 1.89 bits per heavy atom. The molecule has 3 rings (SSSR count). The lowest BCUT2D eigenvalue weighted by atomic mass is 10.1. The minimum absolute atomic E-state index is 0.00278. The first kappa shape index (κ1) is 19.6. The average molecular weight is 393 g/mol. The molecule has 0 aromatic heterocycles. The summed E-state index contributed by atoms with van der Waals surface area (Å²) in [5.74, 6) is 1.26. The maximum atomic E-state index is 12.6. The lowest BCUT2D eigenvalue weighted by Crippen LogP contribution is -2.41. The van der Waals surface area contributed by atoms with Crippen LogP contribution >= 0.6 is 11.8 Å². The molecular weight excluding hydrogens is 374 g/mol. The number of thioether (sulfide) groups is 1. The highest BCUT2D eigenvalue weighted by atomic mass is 32.2. The van der Waals surface area contributed by atoms with Gasteiger partial charge in [0, 0.05) is 17.9 Å². The molecule has 2 aromatic carbocycles. The van der Waals surface area contributed by atoms with Crippen molar-refractivity contribution in [3.05, 3.63) is 59.7 Å². The number of aliphatic imine (C=N–C) groups is 1. The molecule has 0 spiro atoms. The molecule has 0 unspecified atom stereocenters. The number of amides is 1. The Morgan fingerprint density at radius 3 is 2.54 bits per heavy atom. The Morgan fingerprint density at radius 1 is 1.18 bits per heavy atom. The van der Waals surface area contributed by atoms with Crippen LogP contribution in [0.3, 0.4) is 0 Å². The normalized spacial score (nSPS) is 15.1. The van der Waals surface area contributed by atoms with Crippen molar-refractivity contribution in [2.24, 2.45) is 4.99 Å². The average Bonchev–Trinajstić information content (AvgIpc) is 2.73. The number of Topliss-reactive ketones (excluding diaryl/α,β-unsaturated/α-hetero) is 1. The number of hydrogen-bond donors (Lipinski definition) is 0. The van der Waals surface area contributed by atoms with Crippen LogP contribution in [0.1, 0.15) is 29.3 Å². The van der Waals surface area contributed by atoms with Crippen molar-refractivity contribution in [3.8, 4) is 11.8 Å². The Kier molecular flexibility index (Phi) is 6.45. The summed E-state index contributed by atoms with van der Waals surface area (Å²) in [6.07, 6.45) is 0.884. The van der Waals surface area contributed by atoms with Gasteiger partial charge in [0.2, 0.25) is 0 Å². The quantitative estimate of drug-likeness (QED) is 0.722. The second-order valence-electron chi connectivity index (χ2n) is 6.17. The van der Waals surface area contributed by atoms with Gasteiger partial charge < -0.3 is 4.74 Å². The van der Waals surface area contributed by atoms with Crippen molar-refractivity contribution < 1.29 is 14.3 Å². The third-order valence-electron chi connectivity index (χ3n) is 4.13. The van der Waals surface area contributed by atoms with E-state index in [1.165, 1.54) is 18.7 Å². The zero-order valence-corrected chi connectivity index (χ0v) is 16.2. The number of rotatable bonds is 5. The highest BCUT2D eigenvalue weighted by molar-refractivity contribution is 8.13. The van der Waals surface area contributed by atoms with Gasteiger partial charge in [-0.3, -0.25) is 14.5 Å². The predicted octanol–water partition coefficient (Wildman–Crippen LogP) is 3.79. The van der Waals surface area contributed by atoms with E-state index in [0.29, 0.717) is 34.3 Å². The summed E-state index contributed by atoms with van der Waals surface area (Å²) < 4.78 is 5.56. The van der Waals surface area contributed by atoms with E-state index < -0.39 is 0 Å². The second-order valence-corrected chi connectivity index (χ2v) is 7.23. The molecule has 1 aliphatic rings. The molecule has 0 bridgehead atoms. The van der Waals surface area contributed by atoms with Crippen LogP contribution in [-0.2, 0) is 4.79 Å². The molecule has 1 aliphatic heterocycles. The molecule has 0 atom stereocenters. The number of nitriles is 1. The fraction of sp³-hybridized carbons (Fsp3) is 0.238. The van der Waals surface area contributed by atoms with Gasteiger partial charge in [-0.2, -0.15) is 5.26 Å². The standard InChI is InChI=1S/C21H19N3O3S/c1-15(25)17-5-7-18(8-6-17)23-21-24(11-2-12-28-21)20(26)14-27-19-9-3-16(13-22)4-10-19/h3-10H,2,11-12,14H2,1H3. The van der Waals surface area contributed by atoms with Crippen LogP contribution in [0.2, 0.25) is 0 Å². The molecule has 1 heterocycles. The Balaban J connectivity index is 1.68. The van der Waals surface area contributed by atoms with Crippen LogP contribution in [0.5, 0.6) is 5.75 Å². The number of nitrogens with zero attached hydrogens (tertiary/aromatic N) is 3. The van der Waals surface area contributed by atoms with Gasteiger partial charge in [0.1, 0.15) is 5.75 Å². The predicted molar refractivity (Wildman–Crippen MR) is 109 cm³/mol. The fourth-order valence-electron chi connectivity index (χ4n) is 2.61. The van der Waals surface area contributed by atoms with E-state index in [4.69, 9.17) is 10.00 Å². The number of carbonyl (C=O) groups is 2. The number of ketones is 1. The van der Waals surface area contributed by atoms with Gasteiger partial charge in [-0.1, -0.05) is 11.8 Å². The number of carbonyl (C=O) groups excluding carboxylic acids is 2. The van der Waals surface area contributed by atoms with Crippen LogP contribution < -0.4 is 4.74 Å². The molecule has 1 fully saturated rings. The first-order chi connectivity index (χ1) is 13.6. The minimum atomic E-state index is -0.171. The minimum Gasteiger partial charge on any atom is -0.484 e. The van der Waals surface area contributed by atoms with Crippen LogP contribution in [0.4, 0.5) is 5.69 Å². The van der Waals surface area contributed by atoms with Crippen molar-refractivity contribution in [1.29, 1.82) is 5.26 Å². The maximum absolute atomic E-state index is 12.6. The summed E-state index contributed by atoms with van der Waals surface area (Å²) >= 11 is 1.53. The SMILES string of the molecule is CC(=O)c1ccc(N=C2SCCCN2C(=O)COc2ccc(C#N)cc2)cc1. The summed E-state index contributed by atoms with van der Waals surface area (Å²) in [4.78, 5) is 30.3. The maximum Gasteiger partial charge on any atom is 0.266 e. The van der Waals surface area contributed by atoms with Gasteiger partial charge in [0.25, 0.3) is 5.91 Å². The zero-order valence-electron chi connectivity index (χ0n) is 15.4. The molecule has 2 aromatic rings. The smallest absolute Gasteiger partial charge is 0.266 e. The molecule has 0 aliphatic carbocycles. The van der Waals surface area contributed by atoms with Gasteiger partial charge in [0.15, 0.2) is 17.6 Å². The number of hydrogen-bond acceptors (Lipinski definition) is 6. The first-order valence-corrected chi connectivity index (χ1v) is 9.81. The van der Waals surface area contributed by atoms with Crippen LogP contribution in [0, 0.1) is 11.3 Å². The molecule has 0 N–H and O–H groups in total. The summed E-state index contributed by atoms with van der Waals surface area (Å²) in [7, 11) is 0. The van der Waals surface area contributed by atoms with Gasteiger partial charge in [0.05, 0.1) is 17.3 Å². The van der Waals surface area contributed by atoms with E-state index in [1.54, 1.807) is 53.4 Å². The van der Waals surface area contributed by atoms with E-state index in [9.17, 15) is 9.59 Å². The van der Waals surface area contributed by atoms with Gasteiger partial charge >= 0.3 is 0 Å². The van der Waals surface area contributed by atoms with Crippen molar-refractivity contribution in [3.63, 3.8) is 0 Å². The van der Waals surface area contributed by atoms with Crippen LogP contribution in [0.15, 0.2) is 53.5 Å². The van der Waals surface area contributed by atoms with Gasteiger partial charge in [-0.25, -0.2) is 4.99 Å². The molecule has 1 amide bonds. The number of benzene rings is 2. The van der Waals surface area contributed by atoms with Crippen molar-refractivity contribution in [2.45, 2.75) is 13.3 Å². The largest absolute Gasteiger partial charge is 0.484 e. The van der Waals surface area contributed by atoms with E-state index in [2.05, 4.69) is 4.99 Å². The highest BCUT2D eigenvalue weighted by Crippen LogP contribution is 2.23. The highest BCUT2D eigenvalue weighted by Gasteiger charge is 2.24. The molecule has 142 valence electrons. The lowest BCUT2D eigenvalue weighted by molar-refractivity contribution is -0.129. The molecule has 7 heteroatoms. The molecule has 1 saturated heterocycles. The van der Waals surface area contributed by atoms with Crippen LogP contribution in [0.25, 0.3) is 0 Å². The van der Waals surface area contributed by atoms with Crippen molar-refractivity contribution in [1.82, 2.24) is 4.90 Å². The monoisotopic (exact) mass is 393 g/mol. The zero-order chi connectivity index (χ0) is 19.9. The van der Waals surface area contributed by atoms with Crippen molar-refractivity contribution >= 4 is 34.3 Å². The van der Waals surface area contributed by atoms with E-state index in [-0.39, 0.29) is 18.3 Å². The van der Waals surface area contributed by atoms with Crippen LogP contribution in [-0.4, -0.2) is 40.7 Å². The Labute approximate surface area is 167 Å². The summed E-state index contributed by atoms with van der Waals surface area (Å²) in [6, 6.07) is 15.7. The summed E-state index contributed by atoms with van der Waals surface area (Å²) in [5, 5.41) is 9.46. The fourth-order valence-corrected chi connectivity index (χ4v) is 3.59. The first-order valence-electron chi connectivity index (χ1n) is 8.82. The molecule has 6 nitrogen and oxygen atoms in total. The summed E-state index contributed by atoms with van der Waals surface area (Å²) in [6.45, 7) is 2.01. The van der Waals surface area contributed by atoms with Crippen molar-refractivity contribution in [2.75, 3.05) is 18.9 Å². The van der Waals surface area contributed by atoms with Gasteiger partial charge in [-0.05, 0) is 61.9 Å². The molecular formula is C21H19N3O3S. The summed E-state index contributed by atoms with van der Waals surface area (Å²) in [5.41, 5.74) is 1.86. The number of amidine groups is 1. The third kappa shape index (κ3) is 4.99. The Hall–Kier alpha value is -3.11. The van der Waals surface area contributed by atoms with E-state index in [1.807, 2.05) is 6.07 Å². The van der Waals surface area contributed by atoms with E-state index >= 15 is 0 Å². The topological polar surface area (TPSA) is 82.8 Å². The number of ether oxygens (including phenoxy) is 1. The molecule has 0 saturated carbocycles. The Bertz CT molecular complexity index is 931. The lowest BCUT2D eigenvalue weighted by Gasteiger charge is -2.27. The van der Waals surface area contributed by atoms with E-state index in [0.717, 1.165) is 12.2 Å². The molecule has 0 radical (unpaired) electrons. The molecule has 28 heavy (non-hydrogen) atoms. The van der Waals surface area contributed by atoms with Gasteiger partial charge in [-0.15, -0.1) is 0 Å².